The molecular weight excluding hydrogens is 216 g/mol. The van der Waals surface area contributed by atoms with E-state index in [0.717, 1.165) is 0 Å². The monoisotopic (exact) mass is 234 g/mol. The van der Waals surface area contributed by atoms with Gasteiger partial charge in [-0.05, 0) is 20.3 Å². The Bertz CT molecular complexity index is 352. The topological polar surface area (TPSA) is 96.6 Å². The first-order chi connectivity index (χ1) is 6.91. The van der Waals surface area contributed by atoms with E-state index in [1.54, 1.807) is 0 Å². The summed E-state index contributed by atoms with van der Waals surface area (Å²) in [5.74, 6) is 6.06. The molecule has 0 amide bonds. The maximum Gasteiger partial charge on any atom is 0.206 e. The van der Waals surface area contributed by atoms with Crippen molar-refractivity contribution in [1.82, 2.24) is 10.7 Å². The molecule has 0 aliphatic carbocycles. The Labute approximate surface area is 90.2 Å². The standard InChI is InChI=1S/C8H18N4O2S/c1-3-10-7(12-9)11-8(2)4-5-15(13,14)6-8/h3-6,9H2,1-2H3,(H2,10,11,12). The van der Waals surface area contributed by atoms with Crippen molar-refractivity contribution in [3.05, 3.63) is 0 Å². The lowest BCUT2D eigenvalue weighted by molar-refractivity contribution is 0.464. The molecule has 7 heteroatoms. The van der Waals surface area contributed by atoms with E-state index in [1.165, 1.54) is 0 Å². The molecule has 0 bridgehead atoms. The van der Waals surface area contributed by atoms with Crippen LogP contribution >= 0.6 is 0 Å². The van der Waals surface area contributed by atoms with Crippen LogP contribution in [0.2, 0.25) is 0 Å². The first-order valence-electron chi connectivity index (χ1n) is 4.90. The molecule has 1 heterocycles. The summed E-state index contributed by atoms with van der Waals surface area (Å²) in [5, 5.41) is 3.03. The van der Waals surface area contributed by atoms with Crippen LogP contribution in [-0.2, 0) is 9.84 Å². The van der Waals surface area contributed by atoms with Crippen molar-refractivity contribution in [2.24, 2.45) is 10.8 Å². The summed E-state index contributed by atoms with van der Waals surface area (Å²) in [6.45, 7) is 4.34. The number of aliphatic imine (C=N–C) groups is 1. The second-order valence-electron chi connectivity index (χ2n) is 3.99. The number of nitrogens with zero attached hydrogens (tertiary/aromatic N) is 1. The minimum absolute atomic E-state index is 0.129. The molecule has 1 aliphatic heterocycles. The van der Waals surface area contributed by atoms with Gasteiger partial charge in [-0.25, -0.2) is 14.3 Å². The maximum atomic E-state index is 11.3. The average molecular weight is 234 g/mol. The molecule has 1 aliphatic rings. The Balaban J connectivity index is 2.69. The summed E-state index contributed by atoms with van der Waals surface area (Å²) >= 11 is 0. The lowest BCUT2D eigenvalue weighted by Gasteiger charge is -2.25. The number of nitrogens with one attached hydrogen (secondary N) is 2. The van der Waals surface area contributed by atoms with Crippen molar-refractivity contribution < 1.29 is 8.42 Å². The highest BCUT2D eigenvalue weighted by Crippen LogP contribution is 2.22. The molecule has 15 heavy (non-hydrogen) atoms. The van der Waals surface area contributed by atoms with E-state index >= 15 is 0 Å². The normalized spacial score (nSPS) is 30.2. The molecule has 0 aromatic rings. The van der Waals surface area contributed by atoms with Crippen molar-refractivity contribution in [2.45, 2.75) is 25.8 Å². The van der Waals surface area contributed by atoms with Crippen LogP contribution in [0.15, 0.2) is 4.99 Å². The van der Waals surface area contributed by atoms with Crippen molar-refractivity contribution >= 4 is 15.8 Å². The van der Waals surface area contributed by atoms with E-state index in [-0.39, 0.29) is 11.5 Å². The Morgan fingerprint density at radius 3 is 2.67 bits per heavy atom. The van der Waals surface area contributed by atoms with E-state index in [9.17, 15) is 8.42 Å². The minimum Gasteiger partial charge on any atom is -0.349 e. The van der Waals surface area contributed by atoms with Gasteiger partial charge in [-0.2, -0.15) is 0 Å². The highest BCUT2D eigenvalue weighted by molar-refractivity contribution is 7.91. The van der Waals surface area contributed by atoms with Crippen LogP contribution in [0.25, 0.3) is 0 Å². The predicted octanol–water partition coefficient (Wildman–Crippen LogP) is -1.01. The molecule has 0 spiro atoms. The molecule has 1 fully saturated rings. The van der Waals surface area contributed by atoms with Gasteiger partial charge in [0.2, 0.25) is 5.96 Å². The van der Waals surface area contributed by atoms with Crippen LogP contribution < -0.4 is 16.6 Å². The Morgan fingerprint density at radius 2 is 2.27 bits per heavy atom. The number of hydrogen-bond acceptors (Lipinski definition) is 4. The van der Waals surface area contributed by atoms with Gasteiger partial charge in [0.1, 0.15) is 0 Å². The summed E-state index contributed by atoms with van der Waals surface area (Å²) in [6.07, 6.45) is 0.583. The number of sulfone groups is 1. The maximum absolute atomic E-state index is 11.3. The van der Waals surface area contributed by atoms with Crippen molar-refractivity contribution in [1.29, 1.82) is 0 Å². The zero-order chi connectivity index (χ0) is 11.5. The van der Waals surface area contributed by atoms with Gasteiger partial charge in [-0.15, -0.1) is 0 Å². The number of hydrogen-bond donors (Lipinski definition) is 3. The molecule has 0 radical (unpaired) electrons. The van der Waals surface area contributed by atoms with Crippen molar-refractivity contribution in [2.75, 3.05) is 18.1 Å². The van der Waals surface area contributed by atoms with Gasteiger partial charge >= 0.3 is 0 Å². The Hall–Kier alpha value is -0.820. The van der Waals surface area contributed by atoms with Gasteiger partial charge in [-0.1, -0.05) is 0 Å². The van der Waals surface area contributed by atoms with Crippen LogP contribution in [0.4, 0.5) is 0 Å². The molecule has 1 saturated heterocycles. The van der Waals surface area contributed by atoms with Gasteiger partial charge in [0.25, 0.3) is 0 Å². The predicted molar refractivity (Wildman–Crippen MR) is 60.1 cm³/mol. The fourth-order valence-corrected chi connectivity index (χ4v) is 3.77. The highest BCUT2D eigenvalue weighted by atomic mass is 32.2. The average Bonchev–Trinajstić information content (AvgIpc) is 2.40. The lowest BCUT2D eigenvalue weighted by Crippen LogP contribution is -2.53. The number of guanidine groups is 1. The number of nitrogens with two attached hydrogens (primary N) is 1. The molecule has 0 aromatic heterocycles. The molecule has 0 saturated carbocycles. The summed E-state index contributed by atoms with van der Waals surface area (Å²) in [7, 11) is -2.91. The van der Waals surface area contributed by atoms with Crippen LogP contribution in [0, 0.1) is 0 Å². The van der Waals surface area contributed by atoms with Gasteiger partial charge in [-0.3, -0.25) is 10.4 Å². The third-order valence-electron chi connectivity index (χ3n) is 2.38. The summed E-state index contributed by atoms with van der Waals surface area (Å²) in [5.41, 5.74) is 1.97. The smallest absolute Gasteiger partial charge is 0.206 e. The third-order valence-corrected chi connectivity index (χ3v) is 4.28. The molecular formula is C8H18N4O2S. The Morgan fingerprint density at radius 1 is 1.60 bits per heavy atom. The van der Waals surface area contributed by atoms with E-state index in [2.05, 4.69) is 15.7 Å². The van der Waals surface area contributed by atoms with Crippen LogP contribution in [0.5, 0.6) is 0 Å². The first-order valence-corrected chi connectivity index (χ1v) is 6.72. The Kier molecular flexibility index (Phi) is 3.56. The zero-order valence-corrected chi connectivity index (χ0v) is 9.89. The quantitative estimate of drug-likeness (QED) is 0.246. The molecule has 1 atom stereocenters. The van der Waals surface area contributed by atoms with Crippen LogP contribution in [0.1, 0.15) is 20.3 Å². The fourth-order valence-electron chi connectivity index (χ4n) is 1.67. The summed E-state index contributed by atoms with van der Waals surface area (Å²) in [6, 6.07) is 0. The van der Waals surface area contributed by atoms with E-state index in [0.29, 0.717) is 18.9 Å². The van der Waals surface area contributed by atoms with Gasteiger partial charge < -0.3 is 5.32 Å². The van der Waals surface area contributed by atoms with Crippen molar-refractivity contribution in [3.8, 4) is 0 Å². The van der Waals surface area contributed by atoms with Gasteiger partial charge in [0.15, 0.2) is 9.84 Å². The molecule has 1 unspecified atom stereocenters. The number of hydrazine groups is 1. The summed E-state index contributed by atoms with van der Waals surface area (Å²) in [4.78, 5) is 4.07. The summed E-state index contributed by atoms with van der Waals surface area (Å²) < 4.78 is 22.7. The molecule has 6 nitrogen and oxygen atoms in total. The lowest BCUT2D eigenvalue weighted by atomic mass is 10.0. The van der Waals surface area contributed by atoms with Crippen molar-refractivity contribution in [3.63, 3.8) is 0 Å². The second kappa shape index (κ2) is 4.36. The third kappa shape index (κ3) is 3.35. The van der Waals surface area contributed by atoms with E-state index in [1.807, 2.05) is 13.8 Å². The molecule has 88 valence electrons. The second-order valence-corrected chi connectivity index (χ2v) is 6.18. The van der Waals surface area contributed by atoms with Gasteiger partial charge in [0.05, 0.1) is 17.0 Å². The molecule has 4 N–H and O–H groups in total. The minimum atomic E-state index is -2.91. The first kappa shape index (κ1) is 12.3. The highest BCUT2D eigenvalue weighted by Gasteiger charge is 2.38. The molecule has 0 aromatic carbocycles. The van der Waals surface area contributed by atoms with Crippen LogP contribution in [0.3, 0.4) is 0 Å². The fraction of sp³-hybridized carbons (Fsp3) is 0.875. The molecule has 1 rings (SSSR count). The zero-order valence-electron chi connectivity index (χ0n) is 9.08. The number of rotatable bonds is 2. The largest absolute Gasteiger partial charge is 0.349 e. The van der Waals surface area contributed by atoms with E-state index < -0.39 is 15.4 Å². The SMILES string of the molecule is CCN=C(NN)NC1(C)CCS(=O)(=O)C1. The van der Waals surface area contributed by atoms with Crippen LogP contribution in [-0.4, -0.2) is 38.0 Å². The van der Waals surface area contributed by atoms with Gasteiger partial charge in [0, 0.05) is 6.54 Å². The van der Waals surface area contributed by atoms with E-state index in [4.69, 9.17) is 5.84 Å².